The van der Waals surface area contributed by atoms with Gasteiger partial charge in [-0.25, -0.2) is 0 Å². The first kappa shape index (κ1) is 17.2. The van der Waals surface area contributed by atoms with Crippen molar-refractivity contribution in [1.29, 1.82) is 0 Å². The number of amides is 1. The molecular weight excluding hydrogens is 298 g/mol. The van der Waals surface area contributed by atoms with E-state index in [0.717, 1.165) is 19.5 Å². The van der Waals surface area contributed by atoms with Crippen molar-refractivity contribution < 1.29 is 14.5 Å². The lowest BCUT2D eigenvalue weighted by molar-refractivity contribution is -0.384. The van der Waals surface area contributed by atoms with Gasteiger partial charge in [0.25, 0.3) is 5.69 Å². The summed E-state index contributed by atoms with van der Waals surface area (Å²) in [6, 6.07) is 3.87. The summed E-state index contributed by atoms with van der Waals surface area (Å²) < 4.78 is 5.17. The van der Waals surface area contributed by atoms with Crippen molar-refractivity contribution in [3.8, 4) is 5.75 Å². The van der Waals surface area contributed by atoms with Gasteiger partial charge in [-0.1, -0.05) is 6.92 Å². The number of nitrogens with one attached hydrogen (secondary N) is 1. The fraction of sp³-hybridized carbons (Fsp3) is 0.562. The van der Waals surface area contributed by atoms with Crippen LogP contribution in [0.3, 0.4) is 0 Å². The van der Waals surface area contributed by atoms with Crippen LogP contribution in [0.25, 0.3) is 0 Å². The quantitative estimate of drug-likeness (QED) is 0.666. The number of carbonyl (C=O) groups is 1. The van der Waals surface area contributed by atoms with E-state index < -0.39 is 4.92 Å². The zero-order chi connectivity index (χ0) is 17.0. The highest BCUT2D eigenvalue weighted by atomic mass is 16.6. The van der Waals surface area contributed by atoms with Crippen molar-refractivity contribution in [3.63, 3.8) is 0 Å². The summed E-state index contributed by atoms with van der Waals surface area (Å²) in [5, 5.41) is 13.7. The Kier molecular flexibility index (Phi) is 5.54. The fourth-order valence-electron chi connectivity index (χ4n) is 2.89. The minimum absolute atomic E-state index is 0.0830. The Morgan fingerprint density at radius 2 is 2.26 bits per heavy atom. The molecule has 1 amide bonds. The molecule has 0 spiro atoms. The summed E-state index contributed by atoms with van der Waals surface area (Å²) in [5.41, 5.74) is 0.240. The van der Waals surface area contributed by atoms with Crippen molar-refractivity contribution >= 4 is 17.3 Å². The number of nitro benzene ring substituents is 1. The Morgan fingerprint density at radius 1 is 1.52 bits per heavy atom. The number of non-ortho nitro benzene ring substituents is 1. The minimum atomic E-state index is -0.495. The molecule has 2 rings (SSSR count). The number of nitro groups is 1. The van der Waals surface area contributed by atoms with Crippen molar-refractivity contribution in [3.05, 3.63) is 28.3 Å². The number of anilines is 1. The monoisotopic (exact) mass is 321 g/mol. The Bertz CT molecular complexity index is 591. The van der Waals surface area contributed by atoms with Crippen LogP contribution in [0, 0.1) is 16.0 Å². The van der Waals surface area contributed by atoms with Gasteiger partial charge in [0.15, 0.2) is 0 Å². The molecule has 2 atom stereocenters. The molecule has 1 fully saturated rings. The van der Waals surface area contributed by atoms with Crippen molar-refractivity contribution in [2.45, 2.75) is 32.7 Å². The van der Waals surface area contributed by atoms with Gasteiger partial charge in [-0.2, -0.15) is 0 Å². The van der Waals surface area contributed by atoms with E-state index in [1.165, 1.54) is 31.7 Å². The molecule has 1 aromatic rings. The predicted octanol–water partition coefficient (Wildman–Crippen LogP) is 2.66. The number of methoxy groups -OCH3 is 1. The number of likely N-dealkylation sites (tertiary alicyclic amines) is 1. The van der Waals surface area contributed by atoms with Crippen LogP contribution >= 0.6 is 0 Å². The number of hydrogen-bond acceptors (Lipinski definition) is 5. The van der Waals surface area contributed by atoms with E-state index in [4.69, 9.17) is 4.74 Å². The predicted molar refractivity (Wildman–Crippen MR) is 87.7 cm³/mol. The van der Waals surface area contributed by atoms with E-state index in [9.17, 15) is 14.9 Å². The molecule has 0 saturated carbocycles. The molecule has 2 unspecified atom stereocenters. The third kappa shape index (κ3) is 4.19. The van der Waals surface area contributed by atoms with Crippen LogP contribution in [-0.2, 0) is 4.79 Å². The van der Waals surface area contributed by atoms with Gasteiger partial charge in [-0.3, -0.25) is 19.8 Å². The third-order valence-corrected chi connectivity index (χ3v) is 4.27. The largest absolute Gasteiger partial charge is 0.495 e. The summed E-state index contributed by atoms with van der Waals surface area (Å²) in [6.45, 7) is 5.82. The molecule has 1 saturated heterocycles. The normalized spacial score (nSPS) is 19.9. The Morgan fingerprint density at radius 3 is 2.87 bits per heavy atom. The van der Waals surface area contributed by atoms with Crippen LogP contribution in [0.15, 0.2) is 18.2 Å². The maximum atomic E-state index is 12.5. The second-order valence-corrected chi connectivity index (χ2v) is 6.05. The van der Waals surface area contributed by atoms with Gasteiger partial charge in [-0.05, 0) is 38.3 Å². The number of benzene rings is 1. The molecule has 1 aliphatic rings. The number of carbonyl (C=O) groups excluding carboxylic acids is 1. The number of hydrogen-bond donors (Lipinski definition) is 1. The van der Waals surface area contributed by atoms with Gasteiger partial charge in [-0.15, -0.1) is 0 Å². The Labute approximate surface area is 135 Å². The lowest BCUT2D eigenvalue weighted by Crippen LogP contribution is -2.46. The highest BCUT2D eigenvalue weighted by Gasteiger charge is 2.26. The molecule has 1 aliphatic heterocycles. The average molecular weight is 321 g/mol. The molecular formula is C16H23N3O4. The van der Waals surface area contributed by atoms with Crippen molar-refractivity contribution in [1.82, 2.24) is 4.90 Å². The van der Waals surface area contributed by atoms with Crippen LogP contribution in [0.4, 0.5) is 11.4 Å². The van der Waals surface area contributed by atoms with E-state index in [2.05, 4.69) is 17.1 Å². The van der Waals surface area contributed by atoms with Crippen LogP contribution in [-0.4, -0.2) is 42.0 Å². The number of ether oxygens (including phenoxy) is 1. The van der Waals surface area contributed by atoms with Gasteiger partial charge in [0.05, 0.1) is 23.8 Å². The molecule has 0 aliphatic carbocycles. The lowest BCUT2D eigenvalue weighted by Gasteiger charge is -2.34. The van der Waals surface area contributed by atoms with Gasteiger partial charge in [0, 0.05) is 18.7 Å². The van der Waals surface area contributed by atoms with E-state index in [-0.39, 0.29) is 17.6 Å². The molecule has 1 N–H and O–H groups in total. The van der Waals surface area contributed by atoms with E-state index in [0.29, 0.717) is 17.4 Å². The van der Waals surface area contributed by atoms with E-state index in [1.807, 2.05) is 6.92 Å². The lowest BCUT2D eigenvalue weighted by atomic mass is 9.99. The topological polar surface area (TPSA) is 84.7 Å². The van der Waals surface area contributed by atoms with Crippen LogP contribution < -0.4 is 10.1 Å². The van der Waals surface area contributed by atoms with Crippen LogP contribution in [0.1, 0.15) is 26.7 Å². The molecule has 7 heteroatoms. The van der Waals surface area contributed by atoms with Crippen molar-refractivity contribution in [2.75, 3.05) is 25.5 Å². The van der Waals surface area contributed by atoms with Gasteiger partial charge in [0.2, 0.25) is 5.91 Å². The summed E-state index contributed by atoms with van der Waals surface area (Å²) in [5.74, 6) is 0.799. The highest BCUT2D eigenvalue weighted by Crippen LogP contribution is 2.29. The Hall–Kier alpha value is -2.15. The summed E-state index contributed by atoms with van der Waals surface area (Å²) in [7, 11) is 1.46. The first-order chi connectivity index (χ1) is 10.9. The van der Waals surface area contributed by atoms with E-state index >= 15 is 0 Å². The molecule has 23 heavy (non-hydrogen) atoms. The second kappa shape index (κ2) is 7.41. The summed E-state index contributed by atoms with van der Waals surface area (Å²) in [4.78, 5) is 25.0. The van der Waals surface area contributed by atoms with Gasteiger partial charge < -0.3 is 10.1 Å². The number of rotatable bonds is 5. The fourth-order valence-corrected chi connectivity index (χ4v) is 2.89. The molecule has 7 nitrogen and oxygen atoms in total. The molecule has 0 radical (unpaired) electrons. The number of nitrogens with zero attached hydrogens (tertiary/aromatic N) is 2. The molecule has 0 aromatic heterocycles. The van der Waals surface area contributed by atoms with E-state index in [1.54, 1.807) is 0 Å². The summed E-state index contributed by atoms with van der Waals surface area (Å²) >= 11 is 0. The Balaban J connectivity index is 2.12. The smallest absolute Gasteiger partial charge is 0.271 e. The van der Waals surface area contributed by atoms with Gasteiger partial charge in [0.1, 0.15) is 5.75 Å². The SMILES string of the molecule is COc1ccc([N+](=O)[O-])cc1NC(=O)C(C)N1CCCC(C)C1. The summed E-state index contributed by atoms with van der Waals surface area (Å²) in [6.07, 6.45) is 2.27. The molecule has 1 aromatic carbocycles. The average Bonchev–Trinajstić information content (AvgIpc) is 2.53. The molecule has 126 valence electrons. The second-order valence-electron chi connectivity index (χ2n) is 6.05. The molecule has 1 heterocycles. The maximum Gasteiger partial charge on any atom is 0.271 e. The highest BCUT2D eigenvalue weighted by molar-refractivity contribution is 5.96. The standard InChI is InChI=1S/C16H23N3O4/c1-11-5-4-8-18(10-11)12(2)16(20)17-14-9-13(19(21)22)6-7-15(14)23-3/h6-7,9,11-12H,4-5,8,10H2,1-3H3,(H,17,20). The molecule has 0 bridgehead atoms. The zero-order valence-electron chi connectivity index (χ0n) is 13.7. The maximum absolute atomic E-state index is 12.5. The van der Waals surface area contributed by atoms with Crippen LogP contribution in [0.2, 0.25) is 0 Å². The van der Waals surface area contributed by atoms with Gasteiger partial charge >= 0.3 is 0 Å². The first-order valence-electron chi connectivity index (χ1n) is 7.79. The number of piperidine rings is 1. The zero-order valence-corrected chi connectivity index (χ0v) is 13.7. The minimum Gasteiger partial charge on any atom is -0.495 e. The first-order valence-corrected chi connectivity index (χ1v) is 7.79. The van der Waals surface area contributed by atoms with Crippen molar-refractivity contribution in [2.24, 2.45) is 5.92 Å². The van der Waals surface area contributed by atoms with Crippen LogP contribution in [0.5, 0.6) is 5.75 Å². The third-order valence-electron chi connectivity index (χ3n) is 4.27.